The molecule has 122 valence electrons. The molecule has 0 radical (unpaired) electrons. The van der Waals surface area contributed by atoms with Gasteiger partial charge in [0.15, 0.2) is 9.93 Å². The number of hydrogen-bond acceptors (Lipinski definition) is 1. The molecule has 0 amide bonds. The van der Waals surface area contributed by atoms with Gasteiger partial charge in [-0.25, -0.2) is 0 Å². The zero-order valence-electron chi connectivity index (χ0n) is 8.36. The minimum absolute atomic E-state index is 2.56. The Morgan fingerprint density at radius 2 is 0.650 bits per heavy atom. The summed E-state index contributed by atoms with van der Waals surface area (Å²) in [6.07, 6.45) is 0. The molecule has 0 rings (SSSR count). The number of rotatable bonds is 2. The van der Waals surface area contributed by atoms with Crippen LogP contribution in [0.5, 0.6) is 0 Å². The van der Waals surface area contributed by atoms with Gasteiger partial charge in [0.2, 0.25) is 15.7 Å². The summed E-state index contributed by atoms with van der Waals surface area (Å²) in [5, 5.41) is 10.5. The van der Waals surface area contributed by atoms with E-state index in [1.807, 2.05) is 0 Å². The second kappa shape index (κ2) is 6.80. The summed E-state index contributed by atoms with van der Waals surface area (Å²) in [6.45, 7) is 0. The molecule has 0 spiro atoms. The van der Waals surface area contributed by atoms with Crippen molar-refractivity contribution in [1.82, 2.24) is 0 Å². The lowest BCUT2D eigenvalue weighted by Gasteiger charge is -2.52. The first-order valence-corrected chi connectivity index (χ1v) is 8.84. The highest BCUT2D eigenvalue weighted by molar-refractivity contribution is 6.81. The molecule has 0 saturated heterocycles. The monoisotopic (exact) mass is 544 g/mol. The van der Waals surface area contributed by atoms with Crippen molar-refractivity contribution in [3.63, 3.8) is 0 Å². The van der Waals surface area contributed by atoms with Crippen molar-refractivity contribution in [1.29, 1.82) is 0 Å². The van der Waals surface area contributed by atoms with Crippen molar-refractivity contribution in [3.05, 3.63) is 0 Å². The molecule has 1 nitrogen and oxygen atoms in total. The topological polar surface area (TPSA) is 20.2 Å². The van der Waals surface area contributed by atoms with Crippen molar-refractivity contribution in [2.75, 3.05) is 0 Å². The highest BCUT2D eigenvalue weighted by atomic mass is 35.6. The fraction of sp³-hybridized carbons (Fsp3) is 1.00. The van der Waals surface area contributed by atoms with Crippen LogP contribution in [0.1, 0.15) is 0 Å². The van der Waals surface area contributed by atoms with E-state index in [-0.39, 0.29) is 0 Å². The highest BCUT2D eigenvalue weighted by Gasteiger charge is 2.79. The smallest absolute Gasteiger partial charge is 0.226 e. The lowest BCUT2D eigenvalue weighted by Crippen LogP contribution is -2.71. The fourth-order valence-corrected chi connectivity index (χ4v) is 5.48. The molecule has 1 N–H and O–H groups in total. The molecule has 0 unspecified atom stereocenters. The molecule has 0 saturated carbocycles. The van der Waals surface area contributed by atoms with Gasteiger partial charge >= 0.3 is 0 Å². The number of halogens is 13. The van der Waals surface area contributed by atoms with Gasteiger partial charge in [0, 0.05) is 0 Å². The Morgan fingerprint density at radius 3 is 0.800 bits per heavy atom. The van der Waals surface area contributed by atoms with Crippen LogP contribution in [0, 0.1) is 0 Å². The quantitative estimate of drug-likeness (QED) is 0.362. The van der Waals surface area contributed by atoms with Crippen LogP contribution in [0.3, 0.4) is 0 Å². The maximum atomic E-state index is 10.5. The highest BCUT2D eigenvalue weighted by Crippen LogP contribution is 2.68. The number of alkyl halides is 13. The van der Waals surface area contributed by atoms with Gasteiger partial charge in [-0.1, -0.05) is 151 Å². The molecule has 0 heterocycles. The molecule has 20 heavy (non-hydrogen) atoms. The van der Waals surface area contributed by atoms with E-state index in [4.69, 9.17) is 151 Å². The van der Waals surface area contributed by atoms with Crippen LogP contribution in [0.2, 0.25) is 0 Å². The van der Waals surface area contributed by atoms with Gasteiger partial charge in [-0.15, -0.1) is 0 Å². The van der Waals surface area contributed by atoms with Crippen LogP contribution in [0.25, 0.3) is 0 Å². The summed E-state index contributed by atoms with van der Waals surface area (Å²) < 4.78 is -13.8. The van der Waals surface area contributed by atoms with E-state index in [0.717, 1.165) is 0 Å². The lowest BCUT2D eigenvalue weighted by molar-refractivity contribution is 0.0254. The molecule has 0 aliphatic rings. The lowest BCUT2D eigenvalue weighted by atomic mass is 9.99. The minimum atomic E-state index is -3.18. The van der Waals surface area contributed by atoms with Crippen LogP contribution in [-0.4, -0.2) is 30.8 Å². The summed E-state index contributed by atoms with van der Waals surface area (Å²) in [6, 6.07) is 0. The standard InChI is InChI=1S/C6HCl13O/c7-2(8,3(9,10)6(17,18)19)1(20,4(11,12)13)5(14,15)16/h20H. The number of hydrogen-bond donors (Lipinski definition) is 1. The Balaban J connectivity index is 6.38. The van der Waals surface area contributed by atoms with Crippen molar-refractivity contribution in [3.8, 4) is 0 Å². The molecule has 0 aromatic heterocycles. The van der Waals surface area contributed by atoms with Crippen LogP contribution < -0.4 is 0 Å². The van der Waals surface area contributed by atoms with Crippen LogP contribution in [0.4, 0.5) is 0 Å². The molecule has 0 aliphatic carbocycles. The molecular weight excluding hydrogens is 549 g/mol. The predicted octanol–water partition coefficient (Wildman–Crippen LogP) is 7.18. The maximum absolute atomic E-state index is 10.5. The molecule has 0 aliphatic heterocycles. The van der Waals surface area contributed by atoms with E-state index in [1.165, 1.54) is 0 Å². The molecular formula is C6HCl13O. The Hall–Kier alpha value is 3.73. The zero-order valence-corrected chi connectivity index (χ0v) is 18.2. The maximum Gasteiger partial charge on any atom is 0.226 e. The fourth-order valence-electron chi connectivity index (χ4n) is 0.922. The van der Waals surface area contributed by atoms with E-state index in [2.05, 4.69) is 0 Å². The predicted molar refractivity (Wildman–Crippen MR) is 94.7 cm³/mol. The average Bonchev–Trinajstić information content (AvgIpc) is 2.10. The first-order valence-electron chi connectivity index (χ1n) is 3.93. The van der Waals surface area contributed by atoms with E-state index in [1.54, 1.807) is 0 Å². The Morgan fingerprint density at radius 1 is 0.400 bits per heavy atom. The minimum Gasteiger partial charge on any atom is -0.378 e. The van der Waals surface area contributed by atoms with Gasteiger partial charge < -0.3 is 5.11 Å². The van der Waals surface area contributed by atoms with Gasteiger partial charge in [0.1, 0.15) is 0 Å². The molecule has 0 bridgehead atoms. The molecule has 0 atom stereocenters. The summed E-state index contributed by atoms with van der Waals surface area (Å²) in [4.78, 5) is 0. The SMILES string of the molecule is OC(C(Cl)(Cl)Cl)(C(Cl)(Cl)Cl)C(Cl)(Cl)C(Cl)(Cl)C(Cl)(Cl)Cl. The summed E-state index contributed by atoms with van der Waals surface area (Å²) >= 11 is 73.4. The third kappa shape index (κ3) is 3.93. The zero-order chi connectivity index (χ0) is 17.0. The molecule has 14 heteroatoms. The van der Waals surface area contributed by atoms with Gasteiger partial charge in [0.05, 0.1) is 0 Å². The largest absolute Gasteiger partial charge is 0.378 e. The van der Waals surface area contributed by atoms with Crippen molar-refractivity contribution in [2.45, 2.75) is 25.6 Å². The van der Waals surface area contributed by atoms with Crippen LogP contribution >= 0.6 is 151 Å². The normalized spacial score (nSPS) is 16.5. The summed E-state index contributed by atoms with van der Waals surface area (Å²) in [7, 11) is 0. The Labute approximate surface area is 179 Å². The van der Waals surface area contributed by atoms with Gasteiger partial charge in [0.25, 0.3) is 0 Å². The second-order valence-corrected chi connectivity index (χ2v) is 12.9. The number of aliphatic hydroxyl groups is 1. The van der Waals surface area contributed by atoms with Crippen LogP contribution in [0.15, 0.2) is 0 Å². The molecule has 0 aromatic carbocycles. The summed E-state index contributed by atoms with van der Waals surface area (Å²) in [5.74, 6) is 0. The van der Waals surface area contributed by atoms with Crippen molar-refractivity contribution < 1.29 is 5.11 Å². The molecule has 0 aromatic rings. The van der Waals surface area contributed by atoms with E-state index < -0.39 is 25.6 Å². The van der Waals surface area contributed by atoms with E-state index in [9.17, 15) is 5.11 Å². The van der Waals surface area contributed by atoms with E-state index >= 15 is 0 Å². The van der Waals surface area contributed by atoms with E-state index in [0.29, 0.717) is 0 Å². The van der Waals surface area contributed by atoms with Crippen molar-refractivity contribution >= 4 is 151 Å². The van der Waals surface area contributed by atoms with Gasteiger partial charge in [-0.3, -0.25) is 0 Å². The third-order valence-corrected chi connectivity index (χ3v) is 7.73. The Bertz CT molecular complexity index is 343. The third-order valence-electron chi connectivity index (χ3n) is 2.03. The van der Waals surface area contributed by atoms with Gasteiger partial charge in [-0.2, -0.15) is 0 Å². The first-order chi connectivity index (χ1) is 8.25. The van der Waals surface area contributed by atoms with Crippen LogP contribution in [-0.2, 0) is 0 Å². The molecule has 0 fully saturated rings. The first kappa shape index (κ1) is 23.7. The average molecular weight is 550 g/mol. The van der Waals surface area contributed by atoms with Gasteiger partial charge in [-0.05, 0) is 0 Å². The van der Waals surface area contributed by atoms with Crippen molar-refractivity contribution in [2.24, 2.45) is 0 Å². The second-order valence-electron chi connectivity index (χ2n) is 3.35. The Kier molecular flexibility index (Phi) is 8.07. The summed E-state index contributed by atoms with van der Waals surface area (Å²) in [5.41, 5.74) is -3.18.